The lowest BCUT2D eigenvalue weighted by molar-refractivity contribution is -0.0260. The van der Waals surface area contributed by atoms with Gasteiger partial charge < -0.3 is 57.0 Å². The van der Waals surface area contributed by atoms with E-state index in [1.807, 2.05) is 30.3 Å². The van der Waals surface area contributed by atoms with Gasteiger partial charge in [0.2, 0.25) is 0 Å². The average Bonchev–Trinajstić information content (AvgIpc) is 3.56. The fourth-order valence-corrected chi connectivity index (χ4v) is 5.71. The largest absolute Gasteiger partial charge is 0.460 e. The third-order valence-corrected chi connectivity index (χ3v) is 8.67. The van der Waals surface area contributed by atoms with Gasteiger partial charge in [0, 0.05) is 19.5 Å². The number of hydrogen-bond donors (Lipinski definition) is 0. The predicted octanol–water partition coefficient (Wildman–Crippen LogP) is 4.87. The molecule has 14 heteroatoms. The number of carbonyl (C=O) groups excluding carboxylic acids is 2. The standard InChI is InChI=1S/C43H59NO13/c1-44(43(46)57-35-41-39-13-7-5-11-37(39)38-12-6-8-14-40(38)41)15-16-47-17-18-48-19-20-49-21-22-50-23-24-51-25-26-52-27-28-53-29-30-54-31-32-55-33-34-56-42(45)36-9-3-2-4-10-36/h2-14,41H,15-35H2,1H3. The minimum Gasteiger partial charge on any atom is -0.460 e. The molecule has 14 nitrogen and oxygen atoms in total. The molecule has 0 unspecified atom stereocenters. The molecule has 3 aromatic rings. The second-order valence-electron chi connectivity index (χ2n) is 12.7. The minimum atomic E-state index is -0.368. The van der Waals surface area contributed by atoms with Crippen LogP contribution in [-0.2, 0) is 52.1 Å². The van der Waals surface area contributed by atoms with Gasteiger partial charge in [-0.25, -0.2) is 9.59 Å². The summed E-state index contributed by atoms with van der Waals surface area (Å²) in [5.74, 6) is -0.326. The van der Waals surface area contributed by atoms with Crippen molar-refractivity contribution >= 4 is 12.1 Å². The smallest absolute Gasteiger partial charge is 0.409 e. The number of ether oxygens (including phenoxy) is 11. The van der Waals surface area contributed by atoms with Gasteiger partial charge in [-0.2, -0.15) is 0 Å². The molecule has 1 amide bonds. The minimum absolute atomic E-state index is 0.0344. The highest BCUT2D eigenvalue weighted by atomic mass is 16.6. The van der Waals surface area contributed by atoms with Crippen LogP contribution in [0.5, 0.6) is 0 Å². The highest BCUT2D eigenvalue weighted by Crippen LogP contribution is 2.44. The third kappa shape index (κ3) is 18.5. The van der Waals surface area contributed by atoms with Crippen LogP contribution in [0.3, 0.4) is 0 Å². The molecule has 0 radical (unpaired) electrons. The summed E-state index contributed by atoms with van der Waals surface area (Å²) in [7, 11) is 1.71. The topological polar surface area (TPSA) is 139 Å². The molecule has 314 valence electrons. The Labute approximate surface area is 336 Å². The lowest BCUT2D eigenvalue weighted by Crippen LogP contribution is -2.32. The summed E-state index contributed by atoms with van der Waals surface area (Å²) in [6, 6.07) is 25.4. The summed E-state index contributed by atoms with van der Waals surface area (Å²) in [4.78, 5) is 26.0. The number of benzene rings is 3. The lowest BCUT2D eigenvalue weighted by atomic mass is 9.98. The molecule has 1 aliphatic carbocycles. The van der Waals surface area contributed by atoms with Crippen molar-refractivity contribution in [2.75, 3.05) is 146 Å². The molecule has 0 bridgehead atoms. The molecule has 0 heterocycles. The zero-order valence-electron chi connectivity index (χ0n) is 33.2. The molecule has 4 rings (SSSR count). The van der Waals surface area contributed by atoms with Crippen molar-refractivity contribution in [3.8, 4) is 11.1 Å². The predicted molar refractivity (Wildman–Crippen MR) is 212 cm³/mol. The molecule has 0 spiro atoms. The van der Waals surface area contributed by atoms with E-state index in [-0.39, 0.29) is 24.6 Å². The van der Waals surface area contributed by atoms with Gasteiger partial charge in [0.15, 0.2) is 0 Å². The Kier molecular flexibility index (Phi) is 23.5. The molecule has 57 heavy (non-hydrogen) atoms. The number of carbonyl (C=O) groups is 2. The summed E-state index contributed by atoms with van der Waals surface area (Å²) in [5, 5.41) is 0. The zero-order valence-corrected chi connectivity index (χ0v) is 33.2. The van der Waals surface area contributed by atoms with Crippen LogP contribution in [0.1, 0.15) is 27.4 Å². The van der Waals surface area contributed by atoms with Gasteiger partial charge in [-0.1, -0.05) is 66.7 Å². The van der Waals surface area contributed by atoms with Crippen LogP contribution in [0.2, 0.25) is 0 Å². The first-order valence-electron chi connectivity index (χ1n) is 19.6. The van der Waals surface area contributed by atoms with Crippen molar-refractivity contribution in [1.29, 1.82) is 0 Å². The van der Waals surface area contributed by atoms with E-state index in [1.54, 1.807) is 31.3 Å². The third-order valence-electron chi connectivity index (χ3n) is 8.67. The maximum Gasteiger partial charge on any atom is 0.409 e. The maximum atomic E-state index is 12.6. The molecule has 0 atom stereocenters. The van der Waals surface area contributed by atoms with Gasteiger partial charge in [-0.05, 0) is 34.4 Å². The number of esters is 1. The summed E-state index contributed by atoms with van der Waals surface area (Å²) in [5.41, 5.74) is 5.31. The summed E-state index contributed by atoms with van der Waals surface area (Å²) >= 11 is 0. The fourth-order valence-electron chi connectivity index (χ4n) is 5.71. The van der Waals surface area contributed by atoms with Gasteiger partial charge in [0.25, 0.3) is 0 Å². The van der Waals surface area contributed by atoms with Crippen molar-refractivity contribution in [3.05, 3.63) is 95.6 Å². The van der Waals surface area contributed by atoms with E-state index in [0.717, 1.165) is 0 Å². The van der Waals surface area contributed by atoms with Crippen LogP contribution >= 0.6 is 0 Å². The fraction of sp³-hybridized carbons (Fsp3) is 0.535. The molecule has 0 saturated carbocycles. The van der Waals surface area contributed by atoms with E-state index < -0.39 is 0 Å². The number of likely N-dealkylation sites (N-methyl/N-ethyl adjacent to an activating group) is 1. The monoisotopic (exact) mass is 797 g/mol. The van der Waals surface area contributed by atoms with Crippen molar-refractivity contribution in [2.24, 2.45) is 0 Å². The molecule has 0 N–H and O–H groups in total. The summed E-state index contributed by atoms with van der Waals surface area (Å²) < 4.78 is 60.3. The SMILES string of the molecule is CN(CCOCCOCCOCCOCCOCCOCCOCCOCCOCCOC(=O)c1ccccc1)C(=O)OCC1c2ccccc2-c2ccccc21. The Morgan fingerprint density at radius 1 is 0.439 bits per heavy atom. The van der Waals surface area contributed by atoms with Crippen LogP contribution in [0.4, 0.5) is 4.79 Å². The first-order valence-corrected chi connectivity index (χ1v) is 19.6. The van der Waals surface area contributed by atoms with Crippen molar-refractivity contribution in [3.63, 3.8) is 0 Å². The van der Waals surface area contributed by atoms with Crippen LogP contribution in [0.25, 0.3) is 11.1 Å². The summed E-state index contributed by atoms with van der Waals surface area (Å²) in [6.07, 6.45) is -0.368. The van der Waals surface area contributed by atoms with Crippen LogP contribution in [0, 0.1) is 0 Å². The molecular weight excluding hydrogens is 738 g/mol. The number of nitrogens with zero attached hydrogens (tertiary/aromatic N) is 1. The van der Waals surface area contributed by atoms with Crippen LogP contribution < -0.4 is 0 Å². The van der Waals surface area contributed by atoms with E-state index in [9.17, 15) is 9.59 Å². The van der Waals surface area contributed by atoms with Gasteiger partial charge in [0.1, 0.15) is 13.2 Å². The number of fused-ring (bicyclic) bond motifs is 3. The van der Waals surface area contributed by atoms with Crippen molar-refractivity contribution < 1.29 is 61.7 Å². The highest BCUT2D eigenvalue weighted by Gasteiger charge is 2.29. The number of hydrogen-bond acceptors (Lipinski definition) is 13. The number of rotatable bonds is 33. The first-order chi connectivity index (χ1) is 28.1. The molecule has 3 aromatic carbocycles. The normalized spacial score (nSPS) is 12.0. The first kappa shape index (κ1) is 45.7. The maximum absolute atomic E-state index is 12.6. The van der Waals surface area contributed by atoms with Crippen LogP contribution in [-0.4, -0.2) is 163 Å². The molecule has 0 saturated heterocycles. The molecule has 0 aliphatic heterocycles. The van der Waals surface area contributed by atoms with E-state index in [0.29, 0.717) is 138 Å². The second-order valence-corrected chi connectivity index (χ2v) is 12.7. The Bertz CT molecular complexity index is 1470. The molecule has 0 aromatic heterocycles. The van der Waals surface area contributed by atoms with Crippen molar-refractivity contribution in [1.82, 2.24) is 4.90 Å². The van der Waals surface area contributed by atoms with Gasteiger partial charge in [-0.15, -0.1) is 0 Å². The van der Waals surface area contributed by atoms with E-state index >= 15 is 0 Å². The quantitative estimate of drug-likeness (QED) is 0.0613. The molecule has 1 aliphatic rings. The van der Waals surface area contributed by atoms with Gasteiger partial charge >= 0.3 is 12.1 Å². The highest BCUT2D eigenvalue weighted by molar-refractivity contribution is 5.89. The van der Waals surface area contributed by atoms with Gasteiger partial charge in [-0.3, -0.25) is 0 Å². The lowest BCUT2D eigenvalue weighted by Gasteiger charge is -2.19. The van der Waals surface area contributed by atoms with E-state index in [4.69, 9.17) is 52.1 Å². The Morgan fingerprint density at radius 2 is 0.789 bits per heavy atom. The van der Waals surface area contributed by atoms with Crippen molar-refractivity contribution in [2.45, 2.75) is 5.92 Å². The molecule has 0 fully saturated rings. The Balaban J connectivity index is 0.805. The van der Waals surface area contributed by atoms with E-state index in [1.165, 1.54) is 27.2 Å². The Hall–Kier alpha value is -3.96. The number of amides is 1. The Morgan fingerprint density at radius 3 is 1.21 bits per heavy atom. The van der Waals surface area contributed by atoms with Gasteiger partial charge in [0.05, 0.1) is 124 Å². The average molecular weight is 798 g/mol. The van der Waals surface area contributed by atoms with Crippen LogP contribution in [0.15, 0.2) is 78.9 Å². The summed E-state index contributed by atoms with van der Waals surface area (Å²) in [6.45, 7) is 8.97. The zero-order chi connectivity index (χ0) is 40.0. The molecular formula is C43H59NO13. The second kappa shape index (κ2) is 29.3. The van der Waals surface area contributed by atoms with E-state index in [2.05, 4.69) is 24.3 Å².